The third-order valence-corrected chi connectivity index (χ3v) is 10.7. The van der Waals surface area contributed by atoms with Gasteiger partial charge in [-0.3, -0.25) is 4.79 Å². The van der Waals surface area contributed by atoms with Gasteiger partial charge in [-0.2, -0.15) is 0 Å². The van der Waals surface area contributed by atoms with Crippen LogP contribution >= 0.6 is 11.9 Å². The largest absolute Gasteiger partial charge is 0.300 e. The van der Waals surface area contributed by atoms with Crippen molar-refractivity contribution in [1.82, 2.24) is 4.72 Å². The first-order valence-corrected chi connectivity index (χ1v) is 13.4. The number of nitrogens with one attached hydrogen (secondary N) is 1. The normalized spacial score (nSPS) is 45.0. The van der Waals surface area contributed by atoms with Gasteiger partial charge in [-0.05, 0) is 105 Å². The van der Waals surface area contributed by atoms with Crippen LogP contribution < -0.4 is 4.72 Å². The number of hydrogen-bond donors (Lipinski definition) is 1. The molecule has 0 saturated heterocycles. The monoisotopic (exact) mass is 405 g/mol. The summed E-state index contributed by atoms with van der Waals surface area (Å²) in [6.45, 7) is 7.42. The van der Waals surface area contributed by atoms with Gasteiger partial charge in [0.2, 0.25) is 5.91 Å². The fourth-order valence-corrected chi connectivity index (χ4v) is 9.00. The van der Waals surface area contributed by atoms with Gasteiger partial charge in [0, 0.05) is 12.2 Å². The standard InChI is InChI=1S/C25H43NOS/c1-4-28-26-23(27)10-7-9-19-12-14-21-20-13-11-18-8-5-6-16-24(18,2)22(20)15-17-25(19,21)3/h18-22H,4-17H2,1-3H3,(H,26,27). The lowest BCUT2D eigenvalue weighted by molar-refractivity contribution is -0.119. The Morgan fingerprint density at radius 1 is 0.964 bits per heavy atom. The van der Waals surface area contributed by atoms with Gasteiger partial charge >= 0.3 is 0 Å². The van der Waals surface area contributed by atoms with Crippen molar-refractivity contribution in [1.29, 1.82) is 0 Å². The summed E-state index contributed by atoms with van der Waals surface area (Å²) < 4.78 is 2.97. The Bertz CT molecular complexity index is 565. The van der Waals surface area contributed by atoms with Crippen LogP contribution in [0.3, 0.4) is 0 Å². The van der Waals surface area contributed by atoms with E-state index in [9.17, 15) is 4.79 Å². The number of hydrogen-bond acceptors (Lipinski definition) is 2. The minimum atomic E-state index is 0.235. The van der Waals surface area contributed by atoms with Crippen LogP contribution in [-0.2, 0) is 4.79 Å². The van der Waals surface area contributed by atoms with Crippen molar-refractivity contribution < 1.29 is 4.79 Å². The molecule has 0 radical (unpaired) electrons. The molecule has 0 aliphatic heterocycles. The van der Waals surface area contributed by atoms with Crippen molar-refractivity contribution in [2.75, 3.05) is 5.75 Å². The van der Waals surface area contributed by atoms with Crippen LogP contribution in [0.5, 0.6) is 0 Å². The maximum atomic E-state index is 12.0. The summed E-state index contributed by atoms with van der Waals surface area (Å²) in [5.41, 5.74) is 1.23. The lowest BCUT2D eigenvalue weighted by atomic mass is 9.45. The predicted molar refractivity (Wildman–Crippen MR) is 120 cm³/mol. The average molecular weight is 406 g/mol. The van der Waals surface area contributed by atoms with Crippen LogP contribution in [0.1, 0.15) is 104 Å². The van der Waals surface area contributed by atoms with Gasteiger partial charge in [-0.15, -0.1) is 0 Å². The summed E-state index contributed by atoms with van der Waals surface area (Å²) in [7, 11) is 0. The molecular weight excluding hydrogens is 362 g/mol. The third-order valence-electron chi connectivity index (χ3n) is 10.1. The second-order valence-electron chi connectivity index (χ2n) is 11.1. The van der Waals surface area contributed by atoms with Gasteiger partial charge in [0.05, 0.1) is 0 Å². The molecule has 0 spiro atoms. The van der Waals surface area contributed by atoms with Gasteiger partial charge in [0.25, 0.3) is 0 Å². The van der Waals surface area contributed by atoms with Gasteiger partial charge in [0.15, 0.2) is 0 Å². The minimum absolute atomic E-state index is 0.235. The highest BCUT2D eigenvalue weighted by molar-refractivity contribution is 7.97. The molecular formula is C25H43NOS. The molecule has 160 valence electrons. The third kappa shape index (κ3) is 3.67. The first-order valence-electron chi connectivity index (χ1n) is 12.4. The lowest BCUT2D eigenvalue weighted by Gasteiger charge is -2.60. The van der Waals surface area contributed by atoms with Crippen LogP contribution in [-0.4, -0.2) is 11.7 Å². The molecule has 4 saturated carbocycles. The van der Waals surface area contributed by atoms with Crippen LogP contribution in [0, 0.1) is 40.4 Å². The van der Waals surface area contributed by atoms with E-state index in [0.29, 0.717) is 10.8 Å². The molecule has 0 heterocycles. The summed E-state index contributed by atoms with van der Waals surface area (Å²) in [4.78, 5) is 12.0. The number of rotatable bonds is 6. The molecule has 4 rings (SSSR count). The van der Waals surface area contributed by atoms with Gasteiger partial charge < -0.3 is 4.72 Å². The van der Waals surface area contributed by atoms with Crippen molar-refractivity contribution >= 4 is 17.9 Å². The smallest absolute Gasteiger partial charge is 0.229 e. The van der Waals surface area contributed by atoms with E-state index < -0.39 is 0 Å². The second-order valence-corrected chi connectivity index (χ2v) is 12.1. The van der Waals surface area contributed by atoms with Crippen molar-refractivity contribution in [2.24, 2.45) is 40.4 Å². The van der Waals surface area contributed by atoms with Crippen LogP contribution in [0.2, 0.25) is 0 Å². The fraction of sp³-hybridized carbons (Fsp3) is 0.960. The average Bonchev–Trinajstić information content (AvgIpc) is 3.02. The predicted octanol–water partition coefficient (Wildman–Crippen LogP) is 6.99. The van der Waals surface area contributed by atoms with Crippen LogP contribution in [0.4, 0.5) is 0 Å². The van der Waals surface area contributed by atoms with E-state index >= 15 is 0 Å². The molecule has 4 fully saturated rings. The molecule has 0 aromatic rings. The Morgan fingerprint density at radius 2 is 1.79 bits per heavy atom. The molecule has 0 aromatic carbocycles. The molecule has 3 heteroatoms. The SMILES string of the molecule is CCSNC(=O)CCCC1CCC2C3CCC4CCCCC4(C)C3CCC12C. The highest BCUT2D eigenvalue weighted by Crippen LogP contribution is 2.67. The van der Waals surface area contributed by atoms with Crippen LogP contribution in [0.25, 0.3) is 0 Å². The molecule has 4 aliphatic rings. The minimum Gasteiger partial charge on any atom is -0.300 e. The van der Waals surface area contributed by atoms with Crippen molar-refractivity contribution in [3.8, 4) is 0 Å². The van der Waals surface area contributed by atoms with Crippen molar-refractivity contribution in [3.05, 3.63) is 0 Å². The fourth-order valence-electron chi connectivity index (χ4n) is 8.59. The Labute approximate surface area is 177 Å². The van der Waals surface area contributed by atoms with E-state index in [4.69, 9.17) is 0 Å². The number of amides is 1. The molecule has 4 aliphatic carbocycles. The molecule has 0 aromatic heterocycles. The Balaban J connectivity index is 1.37. The van der Waals surface area contributed by atoms with Gasteiger partial charge in [0.1, 0.15) is 0 Å². The summed E-state index contributed by atoms with van der Waals surface area (Å²) in [5, 5.41) is 0. The zero-order chi connectivity index (χ0) is 19.8. The van der Waals surface area contributed by atoms with E-state index in [1.807, 2.05) is 0 Å². The highest BCUT2D eigenvalue weighted by atomic mass is 32.2. The van der Waals surface area contributed by atoms with Gasteiger partial charge in [-0.1, -0.05) is 45.6 Å². The molecule has 28 heavy (non-hydrogen) atoms. The Morgan fingerprint density at radius 3 is 2.61 bits per heavy atom. The van der Waals surface area contributed by atoms with E-state index in [1.54, 1.807) is 0 Å². The molecule has 0 bridgehead atoms. The summed E-state index contributed by atoms with van der Waals surface area (Å²) in [6.07, 6.45) is 18.0. The number of fused-ring (bicyclic) bond motifs is 5. The van der Waals surface area contributed by atoms with Crippen LogP contribution in [0.15, 0.2) is 0 Å². The Kier molecular flexibility index (Phi) is 6.41. The molecule has 1 N–H and O–H groups in total. The zero-order valence-electron chi connectivity index (χ0n) is 18.6. The molecule has 7 atom stereocenters. The van der Waals surface area contributed by atoms with E-state index in [-0.39, 0.29) is 5.91 Å². The maximum Gasteiger partial charge on any atom is 0.229 e. The quantitative estimate of drug-likeness (QED) is 0.482. The lowest BCUT2D eigenvalue weighted by Crippen LogP contribution is -2.52. The number of carbonyl (C=O) groups is 1. The molecule has 1 amide bonds. The highest BCUT2D eigenvalue weighted by Gasteiger charge is 2.59. The van der Waals surface area contributed by atoms with Crippen molar-refractivity contribution in [2.45, 2.75) is 104 Å². The first kappa shape index (κ1) is 21.1. The maximum absolute atomic E-state index is 12.0. The molecule has 7 unspecified atom stereocenters. The first-order chi connectivity index (χ1) is 13.5. The molecule has 2 nitrogen and oxygen atoms in total. The van der Waals surface area contributed by atoms with E-state index in [0.717, 1.165) is 48.2 Å². The number of carbonyl (C=O) groups excluding carboxylic acids is 1. The van der Waals surface area contributed by atoms with E-state index in [1.165, 1.54) is 82.6 Å². The summed E-state index contributed by atoms with van der Waals surface area (Å²) >= 11 is 1.54. The second kappa shape index (κ2) is 8.52. The van der Waals surface area contributed by atoms with Crippen molar-refractivity contribution in [3.63, 3.8) is 0 Å². The summed E-state index contributed by atoms with van der Waals surface area (Å²) in [6, 6.07) is 0. The van der Waals surface area contributed by atoms with E-state index in [2.05, 4.69) is 25.5 Å². The Hall–Kier alpha value is -0.180. The van der Waals surface area contributed by atoms with Gasteiger partial charge in [-0.25, -0.2) is 0 Å². The summed E-state index contributed by atoms with van der Waals surface area (Å²) in [5.74, 6) is 6.08. The topological polar surface area (TPSA) is 29.1 Å². The zero-order valence-corrected chi connectivity index (χ0v) is 19.4.